The summed E-state index contributed by atoms with van der Waals surface area (Å²) in [5, 5.41) is 3.87. The van der Waals surface area contributed by atoms with Crippen LogP contribution >= 0.6 is 0 Å². The Morgan fingerprint density at radius 1 is 1.48 bits per heavy atom. The number of pyridine rings is 1. The first-order chi connectivity index (χ1) is 9.99. The van der Waals surface area contributed by atoms with Crippen molar-refractivity contribution >= 4 is 5.91 Å². The van der Waals surface area contributed by atoms with Crippen molar-refractivity contribution in [1.29, 1.82) is 0 Å². The van der Waals surface area contributed by atoms with Crippen molar-refractivity contribution in [3.8, 4) is 0 Å². The number of nitrogens with zero attached hydrogens (tertiary/aromatic N) is 3. The Labute approximate surface area is 122 Å². The maximum absolute atomic E-state index is 12.1. The zero-order chi connectivity index (χ0) is 15.4. The molecule has 2 rings (SSSR count). The molecular weight excluding hydrogens is 272 g/mol. The second-order valence-electron chi connectivity index (χ2n) is 5.09. The maximum Gasteiger partial charge on any atom is 0.260 e. The Bertz CT molecular complexity index is 675. The molecule has 0 aromatic carbocycles. The molecule has 0 bridgehead atoms. The van der Waals surface area contributed by atoms with Crippen molar-refractivity contribution in [2.75, 3.05) is 13.6 Å². The number of likely N-dealkylation sites (N-methyl/N-ethyl adjacent to an activating group) is 1. The number of H-pyrrole nitrogens is 1. The maximum atomic E-state index is 12.1. The van der Waals surface area contributed by atoms with Crippen molar-refractivity contribution < 1.29 is 9.32 Å². The lowest BCUT2D eigenvalue weighted by atomic mass is 10.2. The molecule has 7 nitrogen and oxygen atoms in total. The van der Waals surface area contributed by atoms with Crippen LogP contribution in [0.3, 0.4) is 0 Å². The lowest BCUT2D eigenvalue weighted by molar-refractivity contribution is 0.0794. The Hall–Kier alpha value is -2.44. The first kappa shape index (κ1) is 15.0. The first-order valence-corrected chi connectivity index (χ1v) is 6.74. The largest absolute Gasteiger partial charge is 0.341 e. The Morgan fingerprint density at radius 3 is 2.86 bits per heavy atom. The van der Waals surface area contributed by atoms with Crippen LogP contribution in [0.15, 0.2) is 27.6 Å². The highest BCUT2D eigenvalue weighted by Gasteiger charge is 2.16. The predicted molar refractivity (Wildman–Crippen MR) is 76.1 cm³/mol. The van der Waals surface area contributed by atoms with Crippen molar-refractivity contribution in [3.63, 3.8) is 0 Å². The van der Waals surface area contributed by atoms with Gasteiger partial charge in [-0.2, -0.15) is 4.98 Å². The van der Waals surface area contributed by atoms with Crippen LogP contribution in [-0.2, 0) is 6.42 Å². The van der Waals surface area contributed by atoms with Crippen molar-refractivity contribution in [2.24, 2.45) is 0 Å². The fourth-order valence-electron chi connectivity index (χ4n) is 1.77. The minimum absolute atomic E-state index is 0.121. The molecule has 1 amide bonds. The third-order valence-electron chi connectivity index (χ3n) is 3.04. The summed E-state index contributed by atoms with van der Waals surface area (Å²) in [6.45, 7) is 4.34. The molecule has 0 spiro atoms. The number of carbonyl (C=O) groups excluding carboxylic acids is 1. The molecule has 2 aromatic heterocycles. The van der Waals surface area contributed by atoms with E-state index in [1.165, 1.54) is 17.2 Å². The standard InChI is InChI=1S/C14H18N4O3/c1-9(2)13-16-11(17-21-13)6-8-18(3)14(20)10-5-4-7-15-12(10)19/h4-5,7,9H,6,8H2,1-3H3,(H,15,19). The van der Waals surface area contributed by atoms with Crippen LogP contribution in [0.4, 0.5) is 0 Å². The molecule has 7 heteroatoms. The molecule has 0 aliphatic rings. The molecule has 0 saturated carbocycles. The van der Waals surface area contributed by atoms with Crippen LogP contribution < -0.4 is 5.56 Å². The summed E-state index contributed by atoms with van der Waals surface area (Å²) in [5.41, 5.74) is -0.271. The monoisotopic (exact) mass is 290 g/mol. The van der Waals surface area contributed by atoms with E-state index < -0.39 is 5.56 Å². The lowest BCUT2D eigenvalue weighted by Gasteiger charge is -2.15. The number of carbonyl (C=O) groups is 1. The van der Waals surface area contributed by atoms with Crippen molar-refractivity contribution in [3.05, 3.63) is 46.0 Å². The lowest BCUT2D eigenvalue weighted by Crippen LogP contribution is -2.33. The van der Waals surface area contributed by atoms with Gasteiger partial charge in [-0.3, -0.25) is 9.59 Å². The van der Waals surface area contributed by atoms with Gasteiger partial charge in [-0.15, -0.1) is 0 Å². The highest BCUT2D eigenvalue weighted by Crippen LogP contribution is 2.11. The summed E-state index contributed by atoms with van der Waals surface area (Å²) in [5.74, 6) is 0.983. The van der Waals surface area contributed by atoms with Crippen LogP contribution in [0.2, 0.25) is 0 Å². The molecule has 21 heavy (non-hydrogen) atoms. The summed E-state index contributed by atoms with van der Waals surface area (Å²) < 4.78 is 5.10. The van der Waals surface area contributed by atoms with Gasteiger partial charge < -0.3 is 14.4 Å². The normalized spacial score (nSPS) is 10.9. The minimum Gasteiger partial charge on any atom is -0.341 e. The van der Waals surface area contributed by atoms with Gasteiger partial charge in [0.05, 0.1) is 0 Å². The fourth-order valence-corrected chi connectivity index (χ4v) is 1.77. The third kappa shape index (κ3) is 3.56. The van der Waals surface area contributed by atoms with Gasteiger partial charge in [0.25, 0.3) is 11.5 Å². The van der Waals surface area contributed by atoms with Gasteiger partial charge in [0, 0.05) is 32.1 Å². The van der Waals surface area contributed by atoms with Gasteiger partial charge in [0.15, 0.2) is 5.82 Å². The predicted octanol–water partition coefficient (Wildman–Crippen LogP) is 1.20. The van der Waals surface area contributed by atoms with Crippen LogP contribution in [0.5, 0.6) is 0 Å². The van der Waals surface area contributed by atoms with E-state index in [9.17, 15) is 9.59 Å². The highest BCUT2D eigenvalue weighted by atomic mass is 16.5. The van der Waals surface area contributed by atoms with E-state index in [1.54, 1.807) is 13.1 Å². The van der Waals surface area contributed by atoms with Crippen molar-refractivity contribution in [1.82, 2.24) is 20.0 Å². The minimum atomic E-state index is -0.393. The number of rotatable bonds is 5. The van der Waals surface area contributed by atoms with Crippen LogP contribution in [0.1, 0.15) is 41.8 Å². The number of aromatic amines is 1. The molecule has 2 heterocycles. The number of amides is 1. The van der Waals surface area contributed by atoms with Gasteiger partial charge >= 0.3 is 0 Å². The van der Waals surface area contributed by atoms with E-state index in [-0.39, 0.29) is 17.4 Å². The second-order valence-corrected chi connectivity index (χ2v) is 5.09. The average Bonchev–Trinajstić information content (AvgIpc) is 2.93. The van der Waals surface area contributed by atoms with Gasteiger partial charge in [-0.1, -0.05) is 19.0 Å². The molecule has 112 valence electrons. The first-order valence-electron chi connectivity index (χ1n) is 6.74. The average molecular weight is 290 g/mol. The number of hydrogen-bond acceptors (Lipinski definition) is 5. The van der Waals surface area contributed by atoms with Gasteiger partial charge in [-0.25, -0.2) is 0 Å². The summed E-state index contributed by atoms with van der Waals surface area (Å²) >= 11 is 0. The van der Waals surface area contributed by atoms with Gasteiger partial charge in [0.1, 0.15) is 5.56 Å². The van der Waals surface area contributed by atoms with E-state index in [1.807, 2.05) is 13.8 Å². The van der Waals surface area contributed by atoms with E-state index >= 15 is 0 Å². The Kier molecular flexibility index (Phi) is 4.52. The zero-order valence-corrected chi connectivity index (χ0v) is 12.3. The highest BCUT2D eigenvalue weighted by molar-refractivity contribution is 5.93. The summed E-state index contributed by atoms with van der Waals surface area (Å²) in [6, 6.07) is 3.12. The van der Waals surface area contributed by atoms with Crippen LogP contribution in [0, 0.1) is 0 Å². The summed E-state index contributed by atoms with van der Waals surface area (Å²) in [7, 11) is 1.64. The number of aromatic nitrogens is 3. The zero-order valence-electron chi connectivity index (χ0n) is 12.3. The molecule has 0 fully saturated rings. The van der Waals surface area contributed by atoms with E-state index in [0.717, 1.165) is 0 Å². The smallest absolute Gasteiger partial charge is 0.260 e. The van der Waals surface area contributed by atoms with Gasteiger partial charge in [-0.05, 0) is 12.1 Å². The quantitative estimate of drug-likeness (QED) is 0.893. The molecule has 1 N–H and O–H groups in total. The topological polar surface area (TPSA) is 92.1 Å². The molecule has 0 unspecified atom stereocenters. The molecule has 0 radical (unpaired) electrons. The third-order valence-corrected chi connectivity index (χ3v) is 3.04. The Balaban J connectivity index is 1.98. The molecule has 0 aliphatic heterocycles. The summed E-state index contributed by atoms with van der Waals surface area (Å²) in [4.78, 5) is 31.9. The van der Waals surface area contributed by atoms with Crippen LogP contribution in [0.25, 0.3) is 0 Å². The Morgan fingerprint density at radius 2 is 2.24 bits per heavy atom. The SMILES string of the molecule is CC(C)c1nc(CCN(C)C(=O)c2ccc[nH]c2=O)no1. The molecule has 0 aliphatic carbocycles. The van der Waals surface area contributed by atoms with Crippen LogP contribution in [-0.4, -0.2) is 39.5 Å². The fraction of sp³-hybridized carbons (Fsp3) is 0.429. The van der Waals surface area contributed by atoms with E-state index in [4.69, 9.17) is 4.52 Å². The number of nitrogens with one attached hydrogen (secondary N) is 1. The van der Waals surface area contributed by atoms with Crippen molar-refractivity contribution in [2.45, 2.75) is 26.2 Å². The van der Waals surface area contributed by atoms with E-state index in [0.29, 0.717) is 24.7 Å². The molecule has 0 atom stereocenters. The molecule has 0 saturated heterocycles. The summed E-state index contributed by atoms with van der Waals surface area (Å²) in [6.07, 6.45) is 1.97. The number of hydrogen-bond donors (Lipinski definition) is 1. The molecular formula is C14H18N4O3. The second kappa shape index (κ2) is 6.34. The van der Waals surface area contributed by atoms with Gasteiger partial charge in [0.2, 0.25) is 5.89 Å². The molecule has 2 aromatic rings. The van der Waals surface area contributed by atoms with E-state index in [2.05, 4.69) is 15.1 Å².